The Hall–Kier alpha value is -11.7. The molecule has 3 heterocycles. The molecule has 0 saturated carbocycles. The van der Waals surface area contributed by atoms with Gasteiger partial charge in [-0.25, -0.2) is 0 Å². The Morgan fingerprint density at radius 3 is 1.27 bits per heavy atom. The first-order valence-electron chi connectivity index (χ1n) is 30.6. The second-order valence-corrected chi connectivity index (χ2v) is 23.1. The maximum absolute atomic E-state index is 7.25. The van der Waals surface area contributed by atoms with E-state index in [1.165, 1.54) is 22.0 Å². The highest BCUT2D eigenvalue weighted by molar-refractivity contribution is 7.00. The highest BCUT2D eigenvalue weighted by Gasteiger charge is 2.44. The van der Waals surface area contributed by atoms with Crippen LogP contribution in [0.3, 0.4) is 0 Å². The fourth-order valence-electron chi connectivity index (χ4n) is 14.0. The summed E-state index contributed by atoms with van der Waals surface area (Å²) in [6.45, 7) is -0.145. The summed E-state index contributed by atoms with van der Waals surface area (Å²) < 4.78 is 7.25. The molecule has 0 spiro atoms. The van der Waals surface area contributed by atoms with Gasteiger partial charge in [0.2, 0.25) is 0 Å². The van der Waals surface area contributed by atoms with Crippen molar-refractivity contribution in [2.45, 2.75) is 0 Å². The van der Waals surface area contributed by atoms with Gasteiger partial charge in [-0.15, -0.1) is 0 Å². The topological polar surface area (TPSA) is 22.9 Å². The van der Waals surface area contributed by atoms with Gasteiger partial charge in [-0.3, -0.25) is 0 Å². The van der Waals surface area contributed by atoms with Crippen molar-refractivity contribution in [2.24, 2.45) is 0 Å². The van der Waals surface area contributed by atoms with Crippen LogP contribution in [0.1, 0.15) is 0 Å². The molecule has 0 saturated heterocycles. The van der Waals surface area contributed by atoms with Crippen LogP contribution in [0.25, 0.3) is 88.7 Å². The van der Waals surface area contributed by atoms with E-state index in [0.717, 1.165) is 134 Å². The minimum Gasteiger partial charge on any atom is -0.455 e. The Labute approximate surface area is 518 Å². The van der Waals surface area contributed by atoms with Crippen LogP contribution in [-0.4, -0.2) is 6.71 Å². The van der Waals surface area contributed by atoms with E-state index in [-0.39, 0.29) is 6.71 Å². The molecule has 0 aliphatic carbocycles. The number of hydrogen-bond acceptors (Lipinski definition) is 4. The largest absolute Gasteiger partial charge is 0.455 e. The molecule has 4 nitrogen and oxygen atoms in total. The summed E-state index contributed by atoms with van der Waals surface area (Å²) in [5, 5.41) is 2.17. The lowest BCUT2D eigenvalue weighted by molar-refractivity contribution is 0.671. The van der Waals surface area contributed by atoms with Gasteiger partial charge in [0.15, 0.2) is 0 Å². The average Bonchev–Trinajstić information content (AvgIpc) is 1.14. The highest BCUT2D eigenvalue weighted by Crippen LogP contribution is 2.52. The summed E-state index contributed by atoms with van der Waals surface area (Å²) >= 11 is 0. The zero-order chi connectivity index (χ0) is 58.8. The van der Waals surface area contributed by atoms with Crippen LogP contribution in [0, 0.1) is 0 Å². The van der Waals surface area contributed by atoms with Crippen molar-refractivity contribution in [3.63, 3.8) is 0 Å². The van der Waals surface area contributed by atoms with E-state index in [1.807, 2.05) is 0 Å². The van der Waals surface area contributed by atoms with E-state index < -0.39 is 0 Å². The molecule has 15 aromatic rings. The minimum atomic E-state index is -0.145. The van der Waals surface area contributed by atoms with E-state index in [2.05, 4.69) is 354 Å². The fourth-order valence-corrected chi connectivity index (χ4v) is 14.0. The maximum Gasteiger partial charge on any atom is 0.252 e. The van der Waals surface area contributed by atoms with Gasteiger partial charge in [0.05, 0.1) is 11.4 Å². The minimum absolute atomic E-state index is 0.145. The predicted octanol–water partition coefficient (Wildman–Crippen LogP) is 21.1. The molecule has 0 radical (unpaired) electrons. The van der Waals surface area contributed by atoms with Crippen LogP contribution in [0.15, 0.2) is 344 Å². The van der Waals surface area contributed by atoms with Crippen molar-refractivity contribution in [1.29, 1.82) is 0 Å². The number of hydrogen-bond donors (Lipinski definition) is 0. The van der Waals surface area contributed by atoms with Gasteiger partial charge < -0.3 is 19.1 Å². The lowest BCUT2D eigenvalue weighted by Gasteiger charge is -2.45. The molecule has 0 bridgehead atoms. The first-order chi connectivity index (χ1) is 44.2. The van der Waals surface area contributed by atoms with Crippen LogP contribution in [0.2, 0.25) is 0 Å². The van der Waals surface area contributed by atoms with E-state index in [4.69, 9.17) is 4.42 Å². The lowest BCUT2D eigenvalue weighted by Crippen LogP contribution is -2.61. The standard InChI is InChI=1S/C84H56BN3O/c1-6-25-57(26-7-1)62-35-20-38-66(51-62)86(67-39-21-36-63(52-67)58-27-8-2-9-28-58)69-55-80-82-81(56-69)88(77-47-18-16-41-71(77)72-43-24-45-74-73-44-23-42-70(83(73)89-84(72)74)61-33-14-5-15-34-61)78-48-19-17-46-75(78)85(82)76-50-49-65(60-31-12-4-13-32-60)54-79(76)87(80)68-40-22-37-64(53-68)59-29-10-3-11-30-59/h1-56H. The van der Waals surface area contributed by atoms with Gasteiger partial charge in [0.1, 0.15) is 11.2 Å². The van der Waals surface area contributed by atoms with Crippen LogP contribution in [-0.2, 0) is 0 Å². The third kappa shape index (κ3) is 8.93. The fraction of sp³-hybridized carbons (Fsp3) is 0. The molecule has 5 heteroatoms. The van der Waals surface area contributed by atoms with Crippen LogP contribution < -0.4 is 31.1 Å². The number of para-hydroxylation sites is 4. The Bertz CT molecular complexity index is 5080. The Morgan fingerprint density at radius 2 is 0.674 bits per heavy atom. The molecule has 2 aliphatic rings. The molecule has 2 aliphatic heterocycles. The number of nitrogens with zero attached hydrogens (tertiary/aromatic N) is 3. The molecule has 0 N–H and O–H groups in total. The molecule has 14 aromatic carbocycles. The molecule has 0 amide bonds. The summed E-state index contributed by atoms with van der Waals surface area (Å²) in [5.41, 5.74) is 28.5. The van der Waals surface area contributed by atoms with Crippen molar-refractivity contribution in [3.8, 4) is 66.8 Å². The van der Waals surface area contributed by atoms with Gasteiger partial charge in [0.25, 0.3) is 6.71 Å². The molecular formula is C84H56BN3O. The predicted molar refractivity (Wildman–Crippen MR) is 375 cm³/mol. The third-order valence-corrected chi connectivity index (χ3v) is 18.0. The molecule has 1 aromatic heterocycles. The van der Waals surface area contributed by atoms with E-state index >= 15 is 0 Å². The van der Waals surface area contributed by atoms with Crippen molar-refractivity contribution >= 4 is 96.2 Å². The molecule has 0 atom stereocenters. The lowest BCUT2D eigenvalue weighted by atomic mass is 9.33. The maximum atomic E-state index is 7.25. The molecule has 0 fully saturated rings. The van der Waals surface area contributed by atoms with Gasteiger partial charge >= 0.3 is 0 Å². The van der Waals surface area contributed by atoms with Crippen molar-refractivity contribution in [3.05, 3.63) is 340 Å². The Balaban J connectivity index is 0.972. The van der Waals surface area contributed by atoms with Gasteiger partial charge in [-0.2, -0.15) is 0 Å². The molecule has 416 valence electrons. The normalized spacial score (nSPS) is 12.2. The summed E-state index contributed by atoms with van der Waals surface area (Å²) in [6, 6.07) is 124. The first-order valence-corrected chi connectivity index (χ1v) is 30.6. The molecule has 0 unspecified atom stereocenters. The van der Waals surface area contributed by atoms with E-state index in [0.29, 0.717) is 0 Å². The SMILES string of the molecule is c1ccc(-c2cccc(N(c3cccc(-c4ccccc4)c3)c3cc4c5c(c3)N(c3ccccc3-c3cccc6c3oc3c(-c7ccccc7)cccc36)c3ccccc3B5c3ccc(-c5ccccc5)cc3N4c3cccc(-c4ccccc4)c3)c2)cc1. The van der Waals surface area contributed by atoms with Crippen LogP contribution in [0.5, 0.6) is 0 Å². The summed E-state index contributed by atoms with van der Waals surface area (Å²) in [6.07, 6.45) is 0. The van der Waals surface area contributed by atoms with Crippen LogP contribution >= 0.6 is 0 Å². The summed E-state index contributed by atoms with van der Waals surface area (Å²) in [7, 11) is 0. The third-order valence-electron chi connectivity index (χ3n) is 18.0. The first kappa shape index (κ1) is 51.7. The van der Waals surface area contributed by atoms with Crippen LogP contribution in [0.4, 0.5) is 51.2 Å². The van der Waals surface area contributed by atoms with Gasteiger partial charge in [-0.05, 0) is 133 Å². The Kier molecular flexibility index (Phi) is 12.6. The molecule has 89 heavy (non-hydrogen) atoms. The van der Waals surface area contributed by atoms with Crippen molar-refractivity contribution in [2.75, 3.05) is 14.7 Å². The smallest absolute Gasteiger partial charge is 0.252 e. The van der Waals surface area contributed by atoms with Crippen molar-refractivity contribution < 1.29 is 4.42 Å². The Morgan fingerprint density at radius 1 is 0.247 bits per heavy atom. The van der Waals surface area contributed by atoms with Crippen molar-refractivity contribution in [1.82, 2.24) is 0 Å². The number of fused-ring (bicyclic) bond motifs is 7. The quantitative estimate of drug-likeness (QED) is 0.120. The number of benzene rings is 14. The molecule has 17 rings (SSSR count). The van der Waals surface area contributed by atoms with E-state index in [1.54, 1.807) is 0 Å². The number of furan rings is 1. The second-order valence-electron chi connectivity index (χ2n) is 23.1. The van der Waals surface area contributed by atoms with Gasteiger partial charge in [0, 0.05) is 67.3 Å². The van der Waals surface area contributed by atoms with E-state index in [9.17, 15) is 0 Å². The summed E-state index contributed by atoms with van der Waals surface area (Å²) in [5.74, 6) is 0. The average molecular weight is 1130 g/mol. The van der Waals surface area contributed by atoms with Gasteiger partial charge in [-0.1, -0.05) is 273 Å². The zero-order valence-electron chi connectivity index (χ0n) is 48.7. The monoisotopic (exact) mass is 1130 g/mol. The highest BCUT2D eigenvalue weighted by atomic mass is 16.3. The summed E-state index contributed by atoms with van der Waals surface area (Å²) in [4.78, 5) is 7.59. The number of rotatable bonds is 11. The number of anilines is 9. The zero-order valence-corrected chi connectivity index (χ0v) is 48.7. The second kappa shape index (κ2) is 21.7. The molecular weight excluding hydrogens is 1080 g/mol.